The highest BCUT2D eigenvalue weighted by Gasteiger charge is 2.79. The maximum absolute atomic E-state index is 14.7. The smallest absolute Gasteiger partial charge is 0.253 e. The van der Waals surface area contributed by atoms with E-state index in [0.717, 1.165) is 23.2 Å². The number of fused-ring (bicyclic) bond motifs is 1. The fourth-order valence-electron chi connectivity index (χ4n) is 7.36. The Labute approximate surface area is 238 Å². The van der Waals surface area contributed by atoms with Gasteiger partial charge in [0.15, 0.2) is 0 Å². The van der Waals surface area contributed by atoms with Gasteiger partial charge in [0, 0.05) is 38.5 Å². The van der Waals surface area contributed by atoms with Crippen LogP contribution in [0.3, 0.4) is 0 Å². The summed E-state index contributed by atoms with van der Waals surface area (Å²) in [5.74, 6) is -1.99. The zero-order valence-electron chi connectivity index (χ0n) is 24.5. The standard InChI is InChI=1S/C32H45N3O5/c1-7-16-33(17-8-2)28(37)25-26-29(38)35(19-11-20-36)27(32(26)15-14-31(25,10-4)40-32)30(39)34(18-9-3)24-21-22(5)12-13-23(24)6/h7,9,12-13,21,25-27,36H,1,3,8,10-11,14-20H2,2,4-6H3/t25-,26-,27?,31+,32?/m0/s1. The molecule has 2 bridgehead atoms. The van der Waals surface area contributed by atoms with Crippen molar-refractivity contribution in [2.45, 2.75) is 77.0 Å². The first kappa shape index (κ1) is 30.0. The SMILES string of the molecule is C=CCN(CCC)C(=O)[C@@H]1[C@H]2C(=O)N(CCCO)C(C(=O)N(CC=C)c3cc(C)ccc3C)C23CC[C@@]1(CC)O3. The molecule has 3 aliphatic rings. The summed E-state index contributed by atoms with van der Waals surface area (Å²) in [7, 11) is 0. The average Bonchev–Trinajstić information content (AvgIpc) is 3.54. The lowest BCUT2D eigenvalue weighted by molar-refractivity contribution is -0.151. The molecule has 218 valence electrons. The summed E-state index contributed by atoms with van der Waals surface area (Å²) >= 11 is 0. The van der Waals surface area contributed by atoms with Gasteiger partial charge in [0.05, 0.1) is 17.4 Å². The molecule has 5 atom stereocenters. The van der Waals surface area contributed by atoms with Crippen LogP contribution in [0.5, 0.6) is 0 Å². The number of carbonyl (C=O) groups is 3. The molecule has 0 saturated carbocycles. The van der Waals surface area contributed by atoms with Crippen LogP contribution >= 0.6 is 0 Å². The number of aryl methyl sites for hydroxylation is 2. The van der Waals surface area contributed by atoms with Crippen LogP contribution < -0.4 is 4.90 Å². The van der Waals surface area contributed by atoms with Crippen LogP contribution in [0.4, 0.5) is 5.69 Å². The van der Waals surface area contributed by atoms with Gasteiger partial charge in [0.1, 0.15) is 11.6 Å². The largest absolute Gasteiger partial charge is 0.396 e. The van der Waals surface area contributed by atoms with Crippen molar-refractivity contribution in [1.82, 2.24) is 9.80 Å². The number of ether oxygens (including phenoxy) is 1. The van der Waals surface area contributed by atoms with Gasteiger partial charge < -0.3 is 24.5 Å². The number of benzene rings is 1. The topological polar surface area (TPSA) is 90.4 Å². The van der Waals surface area contributed by atoms with E-state index in [2.05, 4.69) is 13.2 Å². The van der Waals surface area contributed by atoms with Crippen molar-refractivity contribution in [2.24, 2.45) is 11.8 Å². The van der Waals surface area contributed by atoms with E-state index in [0.29, 0.717) is 38.8 Å². The molecule has 1 N–H and O–H groups in total. The van der Waals surface area contributed by atoms with Crippen molar-refractivity contribution in [3.63, 3.8) is 0 Å². The second kappa shape index (κ2) is 11.9. The van der Waals surface area contributed by atoms with Crippen molar-refractivity contribution in [2.75, 3.05) is 37.7 Å². The van der Waals surface area contributed by atoms with Crippen LogP contribution in [0.2, 0.25) is 0 Å². The van der Waals surface area contributed by atoms with Gasteiger partial charge in [0.25, 0.3) is 5.91 Å². The van der Waals surface area contributed by atoms with Crippen LogP contribution in [0, 0.1) is 25.7 Å². The van der Waals surface area contributed by atoms with Crippen LogP contribution in [0.15, 0.2) is 43.5 Å². The first-order valence-corrected chi connectivity index (χ1v) is 14.7. The fraction of sp³-hybridized carbons (Fsp3) is 0.594. The van der Waals surface area contributed by atoms with Gasteiger partial charge in [-0.1, -0.05) is 38.1 Å². The second-order valence-electron chi connectivity index (χ2n) is 11.5. The molecular formula is C32H45N3O5. The number of likely N-dealkylation sites (tertiary alicyclic amines) is 1. The van der Waals surface area contributed by atoms with Crippen LogP contribution in [-0.4, -0.2) is 82.7 Å². The molecular weight excluding hydrogens is 506 g/mol. The summed E-state index contributed by atoms with van der Waals surface area (Å²) in [6.07, 6.45) is 6.23. The molecule has 8 nitrogen and oxygen atoms in total. The highest BCUT2D eigenvalue weighted by atomic mass is 16.5. The monoisotopic (exact) mass is 551 g/mol. The third-order valence-corrected chi connectivity index (χ3v) is 9.13. The van der Waals surface area contributed by atoms with E-state index in [1.54, 1.807) is 26.9 Å². The molecule has 0 radical (unpaired) electrons. The molecule has 40 heavy (non-hydrogen) atoms. The lowest BCUT2D eigenvalue weighted by Crippen LogP contribution is -2.57. The molecule has 8 heteroatoms. The summed E-state index contributed by atoms with van der Waals surface area (Å²) in [5, 5.41) is 9.67. The van der Waals surface area contributed by atoms with Crippen molar-refractivity contribution in [1.29, 1.82) is 0 Å². The predicted octanol–water partition coefficient (Wildman–Crippen LogP) is 3.78. The Morgan fingerprint density at radius 3 is 2.50 bits per heavy atom. The molecule has 1 aromatic rings. The van der Waals surface area contributed by atoms with Crippen LogP contribution in [-0.2, 0) is 19.1 Å². The van der Waals surface area contributed by atoms with E-state index in [1.165, 1.54) is 0 Å². The lowest BCUT2D eigenvalue weighted by atomic mass is 9.64. The van der Waals surface area contributed by atoms with Crippen LogP contribution in [0.25, 0.3) is 0 Å². The molecule has 3 aliphatic heterocycles. The lowest BCUT2D eigenvalue weighted by Gasteiger charge is -2.37. The fourth-order valence-corrected chi connectivity index (χ4v) is 7.36. The van der Waals surface area contributed by atoms with E-state index in [1.807, 2.05) is 45.9 Å². The highest BCUT2D eigenvalue weighted by molar-refractivity contribution is 6.05. The number of rotatable bonds is 13. The molecule has 3 amide bonds. The number of hydrogen-bond acceptors (Lipinski definition) is 5. The molecule has 3 heterocycles. The molecule has 2 unspecified atom stereocenters. The molecule has 0 aliphatic carbocycles. The Balaban J connectivity index is 1.84. The number of aliphatic hydroxyl groups is 1. The van der Waals surface area contributed by atoms with Gasteiger partial charge >= 0.3 is 0 Å². The first-order chi connectivity index (χ1) is 19.2. The van der Waals surface area contributed by atoms with Crippen molar-refractivity contribution in [3.8, 4) is 0 Å². The number of hydrogen-bond donors (Lipinski definition) is 1. The first-order valence-electron chi connectivity index (χ1n) is 14.7. The van der Waals surface area contributed by atoms with E-state index in [4.69, 9.17) is 4.74 Å². The van der Waals surface area contributed by atoms with Crippen molar-refractivity contribution >= 4 is 23.4 Å². The zero-order valence-corrected chi connectivity index (χ0v) is 24.5. The van der Waals surface area contributed by atoms with Gasteiger partial charge in [-0.15, -0.1) is 13.2 Å². The Morgan fingerprint density at radius 1 is 1.15 bits per heavy atom. The Kier molecular flexibility index (Phi) is 8.90. The van der Waals surface area contributed by atoms with Crippen LogP contribution in [0.1, 0.15) is 57.1 Å². The maximum Gasteiger partial charge on any atom is 0.253 e. The Hall–Kier alpha value is -2.97. The van der Waals surface area contributed by atoms with Gasteiger partial charge in [0.2, 0.25) is 11.8 Å². The zero-order chi connectivity index (χ0) is 29.2. The van der Waals surface area contributed by atoms with Gasteiger partial charge in [-0.25, -0.2) is 0 Å². The van der Waals surface area contributed by atoms with E-state index in [9.17, 15) is 19.5 Å². The minimum absolute atomic E-state index is 0.101. The summed E-state index contributed by atoms with van der Waals surface area (Å²) < 4.78 is 6.92. The van der Waals surface area contributed by atoms with Crippen molar-refractivity contribution in [3.05, 3.63) is 54.6 Å². The predicted molar refractivity (Wildman–Crippen MR) is 156 cm³/mol. The second-order valence-corrected chi connectivity index (χ2v) is 11.5. The van der Waals surface area contributed by atoms with Gasteiger partial charge in [-0.3, -0.25) is 14.4 Å². The molecule has 3 saturated heterocycles. The van der Waals surface area contributed by atoms with E-state index < -0.39 is 29.1 Å². The molecule has 3 fully saturated rings. The van der Waals surface area contributed by atoms with Crippen molar-refractivity contribution < 1.29 is 24.2 Å². The number of carbonyl (C=O) groups excluding carboxylic acids is 3. The number of amides is 3. The maximum atomic E-state index is 14.7. The normalized spacial score (nSPS) is 28.5. The summed E-state index contributed by atoms with van der Waals surface area (Å²) in [4.78, 5) is 48.2. The molecule has 1 spiro atoms. The van der Waals surface area contributed by atoms with Gasteiger partial charge in [-0.05, 0) is 63.1 Å². The average molecular weight is 552 g/mol. The number of aliphatic hydroxyl groups excluding tert-OH is 1. The molecule has 0 aromatic heterocycles. The quantitative estimate of drug-likeness (QED) is 0.377. The van der Waals surface area contributed by atoms with Gasteiger partial charge in [-0.2, -0.15) is 0 Å². The third-order valence-electron chi connectivity index (χ3n) is 9.13. The number of nitrogens with zero attached hydrogens (tertiary/aromatic N) is 3. The summed E-state index contributed by atoms with van der Waals surface area (Å²) in [5.41, 5.74) is 0.822. The minimum Gasteiger partial charge on any atom is -0.396 e. The summed E-state index contributed by atoms with van der Waals surface area (Å²) in [6.45, 7) is 17.0. The molecule has 1 aromatic carbocycles. The van der Waals surface area contributed by atoms with E-state index >= 15 is 0 Å². The number of anilines is 1. The highest BCUT2D eigenvalue weighted by Crippen LogP contribution is 2.64. The summed E-state index contributed by atoms with van der Waals surface area (Å²) in [6, 6.07) is 5.07. The Bertz CT molecular complexity index is 1170. The Morgan fingerprint density at radius 2 is 1.88 bits per heavy atom. The van der Waals surface area contributed by atoms with E-state index in [-0.39, 0.29) is 37.4 Å². The molecule has 4 rings (SSSR count). The third kappa shape index (κ3) is 4.69. The minimum atomic E-state index is -1.11.